The first-order valence-corrected chi connectivity index (χ1v) is 6.75. The highest BCUT2D eigenvalue weighted by atomic mass is 14.9. The second-order valence-electron chi connectivity index (χ2n) is 5.04. The molecule has 0 amide bonds. The Morgan fingerprint density at radius 3 is 2.94 bits per heavy atom. The Balaban J connectivity index is 1.91. The molecule has 1 heterocycles. The Morgan fingerprint density at radius 2 is 2.19 bits per heavy atom. The van der Waals surface area contributed by atoms with Crippen molar-refractivity contribution in [2.45, 2.75) is 64.5 Å². The number of hydrogen-bond donors (Lipinski definition) is 1. The zero-order chi connectivity index (χ0) is 11.4. The molecule has 1 aromatic rings. The smallest absolute Gasteiger partial charge is 0.0312 e. The minimum Gasteiger partial charge on any atom is -0.354 e. The summed E-state index contributed by atoms with van der Waals surface area (Å²) in [5.74, 6) is 0. The van der Waals surface area contributed by atoms with E-state index in [2.05, 4.69) is 23.9 Å². The van der Waals surface area contributed by atoms with Crippen LogP contribution in [-0.2, 0) is 13.0 Å². The Labute approximate surface area is 98.8 Å². The normalized spacial score (nSPS) is 19.8. The highest BCUT2D eigenvalue weighted by Crippen LogP contribution is 2.28. The molecule has 0 spiro atoms. The molecule has 1 atom stereocenters. The monoisotopic (exact) mass is 220 g/mol. The molecule has 0 radical (unpaired) electrons. The van der Waals surface area contributed by atoms with Crippen LogP contribution in [0.4, 0.5) is 0 Å². The highest BCUT2D eigenvalue weighted by molar-refractivity contribution is 5.29. The van der Waals surface area contributed by atoms with Crippen LogP contribution >= 0.6 is 0 Å². The van der Waals surface area contributed by atoms with E-state index in [1.165, 1.54) is 56.2 Å². The predicted octanol–water partition coefficient (Wildman–Crippen LogP) is 3.40. The van der Waals surface area contributed by atoms with E-state index in [-0.39, 0.29) is 0 Å². The summed E-state index contributed by atoms with van der Waals surface area (Å²) in [5, 5.41) is 0. The van der Waals surface area contributed by atoms with E-state index < -0.39 is 0 Å². The second-order valence-corrected chi connectivity index (χ2v) is 5.04. The number of unbranched alkanes of at least 4 members (excludes halogenated alkanes) is 3. The number of aryl methyl sites for hydroxylation is 2. The van der Waals surface area contributed by atoms with Crippen LogP contribution in [0.1, 0.15) is 62.6 Å². The zero-order valence-corrected chi connectivity index (χ0v) is 10.4. The van der Waals surface area contributed by atoms with Gasteiger partial charge in [0.1, 0.15) is 0 Å². The molecule has 0 aromatic carbocycles. The number of nitrogens with two attached hydrogens (primary N) is 1. The topological polar surface area (TPSA) is 30.9 Å². The van der Waals surface area contributed by atoms with Gasteiger partial charge in [-0.25, -0.2) is 0 Å². The van der Waals surface area contributed by atoms with Crippen molar-refractivity contribution < 1.29 is 0 Å². The lowest BCUT2D eigenvalue weighted by molar-refractivity contribution is 0.571. The Morgan fingerprint density at radius 1 is 1.31 bits per heavy atom. The molecule has 0 bridgehead atoms. The Hall–Kier alpha value is -0.760. The summed E-state index contributed by atoms with van der Waals surface area (Å²) in [4.78, 5) is 0. The van der Waals surface area contributed by atoms with Gasteiger partial charge in [-0.3, -0.25) is 0 Å². The average molecular weight is 220 g/mol. The molecule has 0 fully saturated rings. The molecule has 1 aliphatic rings. The van der Waals surface area contributed by atoms with Crippen molar-refractivity contribution in [3.8, 4) is 0 Å². The van der Waals surface area contributed by atoms with Gasteiger partial charge in [-0.15, -0.1) is 0 Å². The molecule has 2 heteroatoms. The first kappa shape index (κ1) is 11.7. The van der Waals surface area contributed by atoms with Gasteiger partial charge in [0.15, 0.2) is 0 Å². The van der Waals surface area contributed by atoms with Crippen molar-refractivity contribution in [1.82, 2.24) is 4.57 Å². The van der Waals surface area contributed by atoms with Crippen molar-refractivity contribution in [3.05, 3.63) is 23.5 Å². The predicted molar refractivity (Wildman–Crippen MR) is 68.4 cm³/mol. The van der Waals surface area contributed by atoms with Gasteiger partial charge in [-0.2, -0.15) is 0 Å². The van der Waals surface area contributed by atoms with E-state index in [9.17, 15) is 0 Å². The maximum Gasteiger partial charge on any atom is 0.0312 e. The summed E-state index contributed by atoms with van der Waals surface area (Å²) in [6, 6.07) is 0.292. The lowest BCUT2D eigenvalue weighted by atomic mass is 9.92. The quantitative estimate of drug-likeness (QED) is 0.757. The fourth-order valence-corrected chi connectivity index (χ4v) is 2.63. The SMILES string of the molecule is CCCCCCn1cc2c(c1)C(N)CCC2. The van der Waals surface area contributed by atoms with E-state index in [0.717, 1.165) is 6.42 Å². The van der Waals surface area contributed by atoms with Crippen LogP contribution in [0.15, 0.2) is 12.4 Å². The van der Waals surface area contributed by atoms with Gasteiger partial charge >= 0.3 is 0 Å². The van der Waals surface area contributed by atoms with Crippen molar-refractivity contribution in [3.63, 3.8) is 0 Å². The summed E-state index contributed by atoms with van der Waals surface area (Å²) in [6.07, 6.45) is 13.6. The fourth-order valence-electron chi connectivity index (χ4n) is 2.63. The molecule has 2 rings (SSSR count). The van der Waals surface area contributed by atoms with Crippen LogP contribution < -0.4 is 5.73 Å². The van der Waals surface area contributed by atoms with Crippen LogP contribution in [0.25, 0.3) is 0 Å². The third-order valence-electron chi connectivity index (χ3n) is 3.63. The first-order valence-electron chi connectivity index (χ1n) is 6.75. The van der Waals surface area contributed by atoms with E-state index in [0.29, 0.717) is 6.04 Å². The summed E-state index contributed by atoms with van der Waals surface area (Å²) in [7, 11) is 0. The minimum atomic E-state index is 0.292. The van der Waals surface area contributed by atoms with Crippen molar-refractivity contribution in [2.75, 3.05) is 0 Å². The van der Waals surface area contributed by atoms with Gasteiger partial charge in [-0.1, -0.05) is 26.2 Å². The molecule has 2 nitrogen and oxygen atoms in total. The number of hydrogen-bond acceptors (Lipinski definition) is 1. The fraction of sp³-hybridized carbons (Fsp3) is 0.714. The lowest BCUT2D eigenvalue weighted by Gasteiger charge is -2.17. The largest absolute Gasteiger partial charge is 0.354 e. The summed E-state index contributed by atoms with van der Waals surface area (Å²) >= 11 is 0. The van der Waals surface area contributed by atoms with Crippen molar-refractivity contribution in [1.29, 1.82) is 0 Å². The molecular formula is C14H24N2. The van der Waals surface area contributed by atoms with Gasteiger partial charge in [0, 0.05) is 25.0 Å². The third-order valence-corrected chi connectivity index (χ3v) is 3.63. The van der Waals surface area contributed by atoms with E-state index in [1.54, 1.807) is 0 Å². The number of nitrogens with zero attached hydrogens (tertiary/aromatic N) is 1. The second kappa shape index (κ2) is 5.53. The molecule has 0 aliphatic heterocycles. The average Bonchev–Trinajstić information content (AvgIpc) is 2.69. The van der Waals surface area contributed by atoms with Gasteiger partial charge in [0.2, 0.25) is 0 Å². The number of rotatable bonds is 5. The standard InChI is InChI=1S/C14H24N2/c1-2-3-4-5-9-16-10-12-7-6-8-14(15)13(12)11-16/h10-11,14H,2-9,15H2,1H3. The molecule has 0 saturated carbocycles. The van der Waals surface area contributed by atoms with Crippen molar-refractivity contribution in [2.24, 2.45) is 5.73 Å². The minimum absolute atomic E-state index is 0.292. The van der Waals surface area contributed by atoms with Crippen LogP contribution in [0.3, 0.4) is 0 Å². The molecule has 0 saturated heterocycles. The van der Waals surface area contributed by atoms with Crippen LogP contribution in [0.2, 0.25) is 0 Å². The van der Waals surface area contributed by atoms with Crippen LogP contribution in [0, 0.1) is 0 Å². The molecular weight excluding hydrogens is 196 g/mol. The van der Waals surface area contributed by atoms with Gasteiger partial charge < -0.3 is 10.3 Å². The van der Waals surface area contributed by atoms with Crippen molar-refractivity contribution >= 4 is 0 Å². The number of fused-ring (bicyclic) bond motifs is 1. The van der Waals surface area contributed by atoms with E-state index in [1.807, 2.05) is 0 Å². The van der Waals surface area contributed by atoms with E-state index in [4.69, 9.17) is 5.73 Å². The third kappa shape index (κ3) is 2.67. The highest BCUT2D eigenvalue weighted by Gasteiger charge is 2.18. The van der Waals surface area contributed by atoms with E-state index >= 15 is 0 Å². The molecule has 16 heavy (non-hydrogen) atoms. The Kier molecular flexibility index (Phi) is 4.05. The Bertz CT molecular complexity index is 327. The lowest BCUT2D eigenvalue weighted by Crippen LogP contribution is -2.15. The maximum atomic E-state index is 6.12. The summed E-state index contributed by atoms with van der Waals surface area (Å²) in [6.45, 7) is 3.42. The maximum absolute atomic E-state index is 6.12. The van der Waals surface area contributed by atoms with Crippen LogP contribution in [0.5, 0.6) is 0 Å². The van der Waals surface area contributed by atoms with Gasteiger partial charge in [0.05, 0.1) is 0 Å². The summed E-state index contributed by atoms with van der Waals surface area (Å²) < 4.78 is 2.35. The molecule has 1 aromatic heterocycles. The zero-order valence-electron chi connectivity index (χ0n) is 10.4. The van der Waals surface area contributed by atoms with Gasteiger partial charge in [-0.05, 0) is 36.8 Å². The summed E-state index contributed by atoms with van der Waals surface area (Å²) in [5.41, 5.74) is 9.02. The molecule has 1 unspecified atom stereocenters. The van der Waals surface area contributed by atoms with Gasteiger partial charge in [0.25, 0.3) is 0 Å². The van der Waals surface area contributed by atoms with Crippen LogP contribution in [-0.4, -0.2) is 4.57 Å². The molecule has 2 N–H and O–H groups in total. The molecule has 90 valence electrons. The number of aromatic nitrogens is 1. The first-order chi connectivity index (χ1) is 7.81. The molecule has 1 aliphatic carbocycles.